The first-order valence-corrected chi connectivity index (χ1v) is 9.03. The second-order valence-electron chi connectivity index (χ2n) is 7.18. The van der Waals surface area contributed by atoms with Crippen molar-refractivity contribution < 1.29 is 9.90 Å². The maximum absolute atomic E-state index is 12.7. The Morgan fingerprint density at radius 2 is 1.92 bits per heavy atom. The highest BCUT2D eigenvalue weighted by molar-refractivity contribution is 5.94. The summed E-state index contributed by atoms with van der Waals surface area (Å²) < 4.78 is 1.88. The zero-order chi connectivity index (χ0) is 18.0. The summed E-state index contributed by atoms with van der Waals surface area (Å²) in [4.78, 5) is 14.4. The van der Waals surface area contributed by atoms with Crippen molar-refractivity contribution in [3.8, 4) is 5.69 Å². The number of rotatable bonds is 4. The molecule has 0 bridgehead atoms. The van der Waals surface area contributed by atoms with Crippen LogP contribution in [0.4, 0.5) is 0 Å². The van der Waals surface area contributed by atoms with Gasteiger partial charge >= 0.3 is 0 Å². The van der Waals surface area contributed by atoms with Crippen LogP contribution in [0, 0.1) is 19.8 Å². The molecule has 1 saturated carbocycles. The van der Waals surface area contributed by atoms with Crippen LogP contribution in [0.2, 0.25) is 0 Å². The van der Waals surface area contributed by atoms with Crippen molar-refractivity contribution in [2.45, 2.75) is 45.6 Å². The maximum atomic E-state index is 12.7. The fraction of sp³-hybridized carbons (Fsp3) is 0.500. The fourth-order valence-electron chi connectivity index (χ4n) is 3.69. The summed E-state index contributed by atoms with van der Waals surface area (Å²) in [5.41, 5.74) is 3.66. The molecular weight excluding hydrogens is 314 g/mol. The van der Waals surface area contributed by atoms with Crippen LogP contribution >= 0.6 is 0 Å². The predicted octanol–water partition coefficient (Wildman–Crippen LogP) is 3.11. The van der Waals surface area contributed by atoms with Gasteiger partial charge in [0.2, 0.25) is 0 Å². The van der Waals surface area contributed by atoms with Crippen molar-refractivity contribution in [1.29, 1.82) is 0 Å². The van der Waals surface area contributed by atoms with Gasteiger partial charge in [0.15, 0.2) is 0 Å². The van der Waals surface area contributed by atoms with Crippen molar-refractivity contribution in [2.75, 3.05) is 13.6 Å². The molecular formula is C20H27N3O2. The van der Waals surface area contributed by atoms with Crippen LogP contribution in [0.3, 0.4) is 0 Å². The SMILES string of the molecule is Cc1cc(C)n(-c2ccc(C(=O)N(C)CC3CCCCC3O)cc2)n1. The number of carbonyl (C=O) groups is 1. The predicted molar refractivity (Wildman–Crippen MR) is 98.0 cm³/mol. The van der Waals surface area contributed by atoms with Gasteiger partial charge < -0.3 is 10.0 Å². The van der Waals surface area contributed by atoms with E-state index in [1.807, 2.05) is 55.9 Å². The Morgan fingerprint density at radius 1 is 1.24 bits per heavy atom. The highest BCUT2D eigenvalue weighted by Gasteiger charge is 2.26. The molecule has 2 unspecified atom stereocenters. The number of aromatic nitrogens is 2. The molecule has 0 spiro atoms. The lowest BCUT2D eigenvalue weighted by molar-refractivity contribution is 0.0451. The van der Waals surface area contributed by atoms with Gasteiger partial charge in [-0.15, -0.1) is 0 Å². The second kappa shape index (κ2) is 7.40. The number of hydrogen-bond acceptors (Lipinski definition) is 3. The van der Waals surface area contributed by atoms with Gasteiger partial charge in [-0.25, -0.2) is 4.68 Å². The van der Waals surface area contributed by atoms with Gasteiger partial charge in [0.25, 0.3) is 5.91 Å². The molecule has 134 valence electrons. The number of nitrogens with zero attached hydrogens (tertiary/aromatic N) is 3. The average Bonchev–Trinajstić information content (AvgIpc) is 2.94. The van der Waals surface area contributed by atoms with Gasteiger partial charge in [0.1, 0.15) is 0 Å². The molecule has 0 aliphatic heterocycles. The second-order valence-corrected chi connectivity index (χ2v) is 7.18. The van der Waals surface area contributed by atoms with E-state index in [2.05, 4.69) is 5.10 Å². The van der Waals surface area contributed by atoms with Crippen molar-refractivity contribution in [3.05, 3.63) is 47.3 Å². The standard InChI is InChI=1S/C20H27N3O2/c1-14-12-15(2)23(21-14)18-10-8-16(9-11-18)20(25)22(3)13-17-6-4-5-7-19(17)24/h8-12,17,19,24H,4-7,13H2,1-3H3. The minimum Gasteiger partial charge on any atom is -0.393 e. The summed E-state index contributed by atoms with van der Waals surface area (Å²) >= 11 is 0. The molecule has 1 amide bonds. The monoisotopic (exact) mass is 341 g/mol. The summed E-state index contributed by atoms with van der Waals surface area (Å²) in [7, 11) is 1.82. The van der Waals surface area contributed by atoms with E-state index >= 15 is 0 Å². The summed E-state index contributed by atoms with van der Waals surface area (Å²) in [5.74, 6) is 0.189. The molecule has 1 aromatic carbocycles. The Kier molecular flexibility index (Phi) is 5.23. The van der Waals surface area contributed by atoms with Gasteiger partial charge in [-0.3, -0.25) is 4.79 Å². The van der Waals surface area contributed by atoms with Gasteiger partial charge in [-0.2, -0.15) is 5.10 Å². The Morgan fingerprint density at radius 3 is 2.52 bits per heavy atom. The lowest BCUT2D eigenvalue weighted by atomic mass is 9.86. The van der Waals surface area contributed by atoms with E-state index in [1.165, 1.54) is 0 Å². The molecule has 1 fully saturated rings. The molecule has 5 heteroatoms. The molecule has 1 N–H and O–H groups in total. The van der Waals surface area contributed by atoms with E-state index in [-0.39, 0.29) is 17.9 Å². The summed E-state index contributed by atoms with van der Waals surface area (Å²) in [6, 6.07) is 9.58. The van der Waals surface area contributed by atoms with Crippen LogP contribution in [0.25, 0.3) is 5.69 Å². The number of aliphatic hydroxyl groups is 1. The minimum absolute atomic E-state index is 0.00214. The zero-order valence-corrected chi connectivity index (χ0v) is 15.3. The number of benzene rings is 1. The first-order chi connectivity index (χ1) is 12.0. The van der Waals surface area contributed by atoms with Gasteiger partial charge in [0, 0.05) is 30.8 Å². The molecule has 1 aliphatic rings. The fourth-order valence-corrected chi connectivity index (χ4v) is 3.69. The van der Waals surface area contributed by atoms with Crippen molar-refractivity contribution in [2.24, 2.45) is 5.92 Å². The van der Waals surface area contributed by atoms with E-state index in [4.69, 9.17) is 0 Å². The lowest BCUT2D eigenvalue weighted by Gasteiger charge is -2.31. The third-order valence-electron chi connectivity index (χ3n) is 5.09. The summed E-state index contributed by atoms with van der Waals surface area (Å²) in [5, 5.41) is 14.6. The Hall–Kier alpha value is -2.14. The van der Waals surface area contributed by atoms with Crippen LogP contribution < -0.4 is 0 Å². The Labute approximate surface area is 149 Å². The van der Waals surface area contributed by atoms with Gasteiger partial charge in [-0.1, -0.05) is 12.8 Å². The largest absolute Gasteiger partial charge is 0.393 e. The van der Waals surface area contributed by atoms with Crippen molar-refractivity contribution in [3.63, 3.8) is 0 Å². The molecule has 25 heavy (non-hydrogen) atoms. The lowest BCUT2D eigenvalue weighted by Crippen LogP contribution is -2.38. The number of aryl methyl sites for hydroxylation is 2. The molecule has 1 aromatic heterocycles. The third kappa shape index (κ3) is 3.93. The molecule has 2 atom stereocenters. The zero-order valence-electron chi connectivity index (χ0n) is 15.3. The van der Waals surface area contributed by atoms with Crippen LogP contribution in [-0.4, -0.2) is 45.4 Å². The van der Waals surface area contributed by atoms with Crippen molar-refractivity contribution in [1.82, 2.24) is 14.7 Å². The molecule has 3 rings (SSSR count). The van der Waals surface area contributed by atoms with Crippen LogP contribution in [0.1, 0.15) is 47.4 Å². The first kappa shape index (κ1) is 17.7. The number of aliphatic hydroxyl groups excluding tert-OH is 1. The van der Waals surface area contributed by atoms with Crippen LogP contribution in [-0.2, 0) is 0 Å². The van der Waals surface area contributed by atoms with Gasteiger partial charge in [0.05, 0.1) is 17.5 Å². The Balaban J connectivity index is 1.68. The normalized spacial score (nSPS) is 20.5. The van der Waals surface area contributed by atoms with E-state index in [0.29, 0.717) is 12.1 Å². The number of amides is 1. The molecule has 1 heterocycles. The minimum atomic E-state index is -0.280. The highest BCUT2D eigenvalue weighted by atomic mass is 16.3. The van der Waals surface area contributed by atoms with Crippen molar-refractivity contribution >= 4 is 5.91 Å². The van der Waals surface area contributed by atoms with Gasteiger partial charge in [-0.05, 0) is 57.0 Å². The smallest absolute Gasteiger partial charge is 0.253 e. The van der Waals surface area contributed by atoms with Crippen LogP contribution in [0.15, 0.2) is 30.3 Å². The molecule has 5 nitrogen and oxygen atoms in total. The van der Waals surface area contributed by atoms with E-state index in [0.717, 1.165) is 42.8 Å². The molecule has 0 saturated heterocycles. The molecule has 2 aromatic rings. The first-order valence-electron chi connectivity index (χ1n) is 9.03. The van der Waals surface area contributed by atoms with E-state index in [1.54, 1.807) is 4.90 Å². The molecule has 1 aliphatic carbocycles. The highest BCUT2D eigenvalue weighted by Crippen LogP contribution is 2.25. The topological polar surface area (TPSA) is 58.4 Å². The van der Waals surface area contributed by atoms with E-state index in [9.17, 15) is 9.90 Å². The maximum Gasteiger partial charge on any atom is 0.253 e. The summed E-state index contributed by atoms with van der Waals surface area (Å²) in [6.07, 6.45) is 3.79. The quantitative estimate of drug-likeness (QED) is 0.929. The number of hydrogen-bond donors (Lipinski definition) is 1. The van der Waals surface area contributed by atoms with Crippen LogP contribution in [0.5, 0.6) is 0 Å². The third-order valence-corrected chi connectivity index (χ3v) is 5.09. The average molecular weight is 341 g/mol. The Bertz CT molecular complexity index is 736. The summed E-state index contributed by atoms with van der Waals surface area (Å²) in [6.45, 7) is 4.59. The van der Waals surface area contributed by atoms with E-state index < -0.39 is 0 Å². The molecule has 0 radical (unpaired) electrons. The number of carbonyl (C=O) groups excluding carboxylic acids is 1.